The van der Waals surface area contributed by atoms with Crippen molar-refractivity contribution >= 4 is 33.1 Å². The zero-order valence-electron chi connectivity index (χ0n) is 15.3. The average Bonchev–Trinajstić information content (AvgIpc) is 3.05. The zero-order chi connectivity index (χ0) is 20.3. The molecule has 0 N–H and O–H groups in total. The SMILES string of the molecule is CN(C(=O)COc1ccc(C(=O)c2ccc(Cl)cc2)cc1)C1CCS(=O)(=O)C1. The highest BCUT2D eigenvalue weighted by atomic mass is 35.5. The Labute approximate surface area is 169 Å². The first-order chi connectivity index (χ1) is 13.2. The van der Waals surface area contributed by atoms with Crippen LogP contribution in [0.25, 0.3) is 0 Å². The molecule has 1 aliphatic heterocycles. The first-order valence-electron chi connectivity index (χ1n) is 8.74. The zero-order valence-corrected chi connectivity index (χ0v) is 16.9. The predicted molar refractivity (Wildman–Crippen MR) is 107 cm³/mol. The minimum Gasteiger partial charge on any atom is -0.484 e. The fraction of sp³-hybridized carbons (Fsp3) is 0.300. The van der Waals surface area contributed by atoms with Gasteiger partial charge in [0.15, 0.2) is 22.2 Å². The number of ether oxygens (including phenoxy) is 1. The number of hydrogen-bond acceptors (Lipinski definition) is 5. The molecular formula is C20H20ClNO5S. The molecule has 1 aliphatic rings. The van der Waals surface area contributed by atoms with Gasteiger partial charge in [0.25, 0.3) is 5.91 Å². The molecule has 0 aliphatic carbocycles. The molecular weight excluding hydrogens is 402 g/mol. The lowest BCUT2D eigenvalue weighted by molar-refractivity contribution is -0.133. The van der Waals surface area contributed by atoms with E-state index in [9.17, 15) is 18.0 Å². The summed E-state index contributed by atoms with van der Waals surface area (Å²) in [4.78, 5) is 26.1. The number of benzene rings is 2. The van der Waals surface area contributed by atoms with E-state index in [0.29, 0.717) is 28.3 Å². The Bertz CT molecular complexity index is 971. The summed E-state index contributed by atoms with van der Waals surface area (Å²) in [5.74, 6) is 0.133. The topological polar surface area (TPSA) is 80.8 Å². The maximum atomic E-state index is 12.4. The highest BCUT2D eigenvalue weighted by Crippen LogP contribution is 2.19. The van der Waals surface area contributed by atoms with Crippen molar-refractivity contribution in [1.29, 1.82) is 0 Å². The summed E-state index contributed by atoms with van der Waals surface area (Å²) in [5, 5.41) is 0.560. The average molecular weight is 422 g/mol. The van der Waals surface area contributed by atoms with Crippen molar-refractivity contribution in [2.24, 2.45) is 0 Å². The van der Waals surface area contributed by atoms with Crippen LogP contribution in [0.15, 0.2) is 48.5 Å². The lowest BCUT2D eigenvalue weighted by Gasteiger charge is -2.23. The van der Waals surface area contributed by atoms with Crippen molar-refractivity contribution in [3.05, 3.63) is 64.7 Å². The van der Waals surface area contributed by atoms with Crippen LogP contribution in [0.1, 0.15) is 22.3 Å². The number of hydrogen-bond donors (Lipinski definition) is 0. The fourth-order valence-corrected chi connectivity index (χ4v) is 4.90. The van der Waals surface area contributed by atoms with Crippen molar-refractivity contribution in [2.75, 3.05) is 25.2 Å². The van der Waals surface area contributed by atoms with Crippen LogP contribution < -0.4 is 4.74 Å². The van der Waals surface area contributed by atoms with Crippen LogP contribution in [0.4, 0.5) is 0 Å². The molecule has 1 fully saturated rings. The minimum absolute atomic E-state index is 0.00323. The van der Waals surface area contributed by atoms with Crippen LogP contribution in [-0.4, -0.2) is 56.2 Å². The number of ketones is 1. The van der Waals surface area contributed by atoms with Gasteiger partial charge in [0, 0.05) is 29.2 Å². The maximum absolute atomic E-state index is 12.4. The molecule has 0 spiro atoms. The Morgan fingerprint density at radius 2 is 1.64 bits per heavy atom. The van der Waals surface area contributed by atoms with Crippen LogP contribution in [0, 0.1) is 0 Å². The molecule has 148 valence electrons. The van der Waals surface area contributed by atoms with Gasteiger partial charge >= 0.3 is 0 Å². The molecule has 1 amide bonds. The predicted octanol–water partition coefficient (Wildman–Crippen LogP) is 2.60. The highest BCUT2D eigenvalue weighted by molar-refractivity contribution is 7.91. The summed E-state index contributed by atoms with van der Waals surface area (Å²) < 4.78 is 28.6. The van der Waals surface area contributed by atoms with Crippen molar-refractivity contribution in [3.63, 3.8) is 0 Å². The second-order valence-corrected chi connectivity index (χ2v) is 9.38. The van der Waals surface area contributed by atoms with E-state index in [1.165, 1.54) is 4.90 Å². The van der Waals surface area contributed by atoms with Gasteiger partial charge in [0.1, 0.15) is 5.75 Å². The van der Waals surface area contributed by atoms with Gasteiger partial charge in [-0.1, -0.05) is 11.6 Å². The van der Waals surface area contributed by atoms with Gasteiger partial charge in [0.2, 0.25) is 0 Å². The van der Waals surface area contributed by atoms with Gasteiger partial charge in [-0.05, 0) is 55.0 Å². The van der Waals surface area contributed by atoms with Crippen molar-refractivity contribution in [1.82, 2.24) is 4.90 Å². The number of likely N-dealkylation sites (N-methyl/N-ethyl adjacent to an activating group) is 1. The molecule has 1 heterocycles. The van der Waals surface area contributed by atoms with E-state index in [1.54, 1.807) is 55.6 Å². The summed E-state index contributed by atoms with van der Waals surface area (Å²) in [7, 11) is -1.46. The Morgan fingerprint density at radius 1 is 1.07 bits per heavy atom. The molecule has 28 heavy (non-hydrogen) atoms. The molecule has 3 rings (SSSR count). The first-order valence-corrected chi connectivity index (χ1v) is 10.9. The van der Waals surface area contributed by atoms with Gasteiger partial charge in [-0.15, -0.1) is 0 Å². The minimum atomic E-state index is -3.05. The lowest BCUT2D eigenvalue weighted by Crippen LogP contribution is -2.40. The molecule has 2 aromatic carbocycles. The summed E-state index contributed by atoms with van der Waals surface area (Å²) in [6.07, 6.45) is 0.450. The van der Waals surface area contributed by atoms with Crippen molar-refractivity contribution in [3.8, 4) is 5.75 Å². The van der Waals surface area contributed by atoms with E-state index < -0.39 is 9.84 Å². The van der Waals surface area contributed by atoms with Crippen LogP contribution in [-0.2, 0) is 14.6 Å². The van der Waals surface area contributed by atoms with Crippen molar-refractivity contribution in [2.45, 2.75) is 12.5 Å². The van der Waals surface area contributed by atoms with Crippen molar-refractivity contribution < 1.29 is 22.7 Å². The molecule has 1 atom stereocenters. The summed E-state index contributed by atoms with van der Waals surface area (Å²) in [6, 6.07) is 12.8. The van der Waals surface area contributed by atoms with Crippen LogP contribution in [0.2, 0.25) is 5.02 Å². The Morgan fingerprint density at radius 3 is 2.18 bits per heavy atom. The van der Waals surface area contributed by atoms with E-state index in [4.69, 9.17) is 16.3 Å². The Kier molecular flexibility index (Phi) is 6.05. The number of amides is 1. The number of carbonyl (C=O) groups is 2. The van der Waals surface area contributed by atoms with E-state index in [1.807, 2.05) is 0 Å². The molecule has 6 nitrogen and oxygen atoms in total. The summed E-state index contributed by atoms with van der Waals surface area (Å²) in [5.41, 5.74) is 1.02. The van der Waals surface area contributed by atoms with Crippen LogP contribution >= 0.6 is 11.6 Å². The number of nitrogens with zero attached hydrogens (tertiary/aromatic N) is 1. The maximum Gasteiger partial charge on any atom is 0.260 e. The van der Waals surface area contributed by atoms with E-state index in [-0.39, 0.29) is 35.8 Å². The fourth-order valence-electron chi connectivity index (χ4n) is 3.00. The van der Waals surface area contributed by atoms with E-state index >= 15 is 0 Å². The van der Waals surface area contributed by atoms with E-state index in [0.717, 1.165) is 0 Å². The third kappa shape index (κ3) is 4.91. The van der Waals surface area contributed by atoms with Gasteiger partial charge < -0.3 is 9.64 Å². The lowest BCUT2D eigenvalue weighted by atomic mass is 10.0. The third-order valence-electron chi connectivity index (χ3n) is 4.73. The summed E-state index contributed by atoms with van der Waals surface area (Å²) in [6.45, 7) is -0.197. The quantitative estimate of drug-likeness (QED) is 0.670. The van der Waals surface area contributed by atoms with Gasteiger partial charge in [0.05, 0.1) is 11.5 Å². The normalized spacial score (nSPS) is 17.9. The monoisotopic (exact) mass is 421 g/mol. The number of sulfone groups is 1. The second-order valence-electron chi connectivity index (χ2n) is 6.71. The first kappa shape index (κ1) is 20.4. The van der Waals surface area contributed by atoms with Gasteiger partial charge in [-0.25, -0.2) is 8.42 Å². The molecule has 0 bridgehead atoms. The molecule has 2 aromatic rings. The summed E-state index contributed by atoms with van der Waals surface area (Å²) >= 11 is 5.83. The smallest absolute Gasteiger partial charge is 0.260 e. The molecule has 0 radical (unpaired) electrons. The second kappa shape index (κ2) is 8.32. The Balaban J connectivity index is 1.56. The molecule has 1 saturated heterocycles. The van der Waals surface area contributed by atoms with E-state index in [2.05, 4.69) is 0 Å². The number of halogens is 1. The molecule has 0 saturated carbocycles. The van der Waals surface area contributed by atoms with Gasteiger partial charge in [-0.3, -0.25) is 9.59 Å². The largest absolute Gasteiger partial charge is 0.484 e. The molecule has 0 aromatic heterocycles. The highest BCUT2D eigenvalue weighted by Gasteiger charge is 2.32. The Hall–Kier alpha value is -2.38. The number of carbonyl (C=O) groups excluding carboxylic acids is 2. The third-order valence-corrected chi connectivity index (χ3v) is 6.74. The standard InChI is InChI=1S/C20H20ClNO5S/c1-22(17-10-11-28(25,26)13-17)19(23)12-27-18-8-4-15(5-9-18)20(24)14-2-6-16(21)7-3-14/h2-9,17H,10-13H2,1H3. The molecule has 1 unspecified atom stereocenters. The van der Waals surface area contributed by atoms with Gasteiger partial charge in [-0.2, -0.15) is 0 Å². The van der Waals surface area contributed by atoms with Crippen LogP contribution in [0.3, 0.4) is 0 Å². The molecule has 8 heteroatoms. The number of rotatable bonds is 6. The van der Waals surface area contributed by atoms with Crippen LogP contribution in [0.5, 0.6) is 5.75 Å².